The van der Waals surface area contributed by atoms with Gasteiger partial charge in [-0.25, -0.2) is 4.79 Å². The highest BCUT2D eigenvalue weighted by atomic mass is 32.1. The number of hydrogen-bond acceptors (Lipinski definition) is 3. The lowest BCUT2D eigenvalue weighted by Crippen LogP contribution is -2.45. The molecule has 1 atom stereocenters. The largest absolute Gasteiger partial charge is 0.477 e. The quantitative estimate of drug-likeness (QED) is 0.351. The van der Waals surface area contributed by atoms with Crippen LogP contribution in [0.5, 0.6) is 0 Å². The van der Waals surface area contributed by atoms with E-state index in [1.807, 2.05) is 17.9 Å². The Labute approximate surface area is 203 Å². The zero-order chi connectivity index (χ0) is 24.0. The van der Waals surface area contributed by atoms with E-state index in [0.717, 1.165) is 81.1 Å². The van der Waals surface area contributed by atoms with Crippen LogP contribution in [0.15, 0.2) is 24.3 Å². The van der Waals surface area contributed by atoms with Crippen LogP contribution in [0.1, 0.15) is 112 Å². The Bertz CT molecular complexity index is 876. The third-order valence-electron chi connectivity index (χ3n) is 7.27. The van der Waals surface area contributed by atoms with Gasteiger partial charge in [-0.3, -0.25) is 4.79 Å². The van der Waals surface area contributed by atoms with Gasteiger partial charge in [0.2, 0.25) is 5.91 Å². The number of nitrogens with zero attached hydrogens (tertiary/aromatic N) is 1. The van der Waals surface area contributed by atoms with Gasteiger partial charge in [0.05, 0.1) is 5.69 Å². The van der Waals surface area contributed by atoms with Gasteiger partial charge < -0.3 is 10.0 Å². The molecule has 1 N–H and O–H groups in total. The molecule has 1 heterocycles. The number of carbonyl (C=O) groups excluding carboxylic acids is 1. The normalized spacial score (nSPS) is 21.8. The minimum Gasteiger partial charge on any atom is -0.477 e. The van der Waals surface area contributed by atoms with E-state index in [1.165, 1.54) is 23.3 Å². The molecule has 4 nitrogen and oxygen atoms in total. The number of aromatic carboxylic acids is 1. The van der Waals surface area contributed by atoms with Gasteiger partial charge in [0, 0.05) is 16.8 Å². The van der Waals surface area contributed by atoms with E-state index in [0.29, 0.717) is 16.5 Å². The smallest absolute Gasteiger partial charge is 0.348 e. The van der Waals surface area contributed by atoms with Crippen molar-refractivity contribution in [1.29, 1.82) is 0 Å². The van der Waals surface area contributed by atoms with Gasteiger partial charge in [0.15, 0.2) is 0 Å². The molecule has 0 saturated heterocycles. The number of carboxylic acids is 1. The molecule has 0 aromatic carbocycles. The first-order valence-corrected chi connectivity index (χ1v) is 13.7. The van der Waals surface area contributed by atoms with Crippen molar-refractivity contribution in [2.45, 2.75) is 104 Å². The highest BCUT2D eigenvalue weighted by Crippen LogP contribution is 2.41. The Kier molecular flexibility index (Phi) is 9.37. The van der Waals surface area contributed by atoms with Crippen LogP contribution in [0.25, 0.3) is 5.57 Å². The summed E-state index contributed by atoms with van der Waals surface area (Å²) in [6, 6.07) is 2.01. The molecule has 2 aliphatic carbocycles. The molecule has 1 unspecified atom stereocenters. The van der Waals surface area contributed by atoms with E-state index in [4.69, 9.17) is 0 Å². The van der Waals surface area contributed by atoms with Crippen LogP contribution in [0, 0.1) is 11.8 Å². The SMILES string of the molecule is C=C(C)CCC(CCC)N(C(=O)C1CCC(C)CC1)c1cc(C2=CCCCC2)sc1C(=O)O. The maximum atomic E-state index is 14.0. The lowest BCUT2D eigenvalue weighted by Gasteiger charge is -2.36. The van der Waals surface area contributed by atoms with Gasteiger partial charge in [0.25, 0.3) is 0 Å². The molecule has 182 valence electrons. The second kappa shape index (κ2) is 12.0. The Morgan fingerprint density at radius 3 is 2.52 bits per heavy atom. The third kappa shape index (κ3) is 6.59. The molecule has 2 aliphatic rings. The summed E-state index contributed by atoms with van der Waals surface area (Å²) in [5.74, 6) is -0.142. The van der Waals surface area contributed by atoms with E-state index in [-0.39, 0.29) is 17.9 Å². The van der Waals surface area contributed by atoms with E-state index < -0.39 is 5.97 Å². The van der Waals surface area contributed by atoms with Crippen molar-refractivity contribution < 1.29 is 14.7 Å². The maximum absolute atomic E-state index is 14.0. The van der Waals surface area contributed by atoms with Crippen molar-refractivity contribution in [3.63, 3.8) is 0 Å². The molecule has 1 amide bonds. The number of thiophene rings is 1. The predicted molar refractivity (Wildman–Crippen MR) is 139 cm³/mol. The molecular weight excluding hydrogens is 430 g/mol. The van der Waals surface area contributed by atoms with Crippen LogP contribution in [0.2, 0.25) is 0 Å². The molecule has 33 heavy (non-hydrogen) atoms. The number of rotatable bonds is 10. The van der Waals surface area contributed by atoms with Crippen LogP contribution in [-0.4, -0.2) is 23.0 Å². The van der Waals surface area contributed by atoms with Crippen LogP contribution >= 0.6 is 11.3 Å². The molecule has 0 spiro atoms. The molecule has 0 radical (unpaired) electrons. The van der Waals surface area contributed by atoms with Gasteiger partial charge in [-0.1, -0.05) is 31.9 Å². The lowest BCUT2D eigenvalue weighted by molar-refractivity contribution is -0.124. The van der Waals surface area contributed by atoms with Crippen LogP contribution in [0.3, 0.4) is 0 Å². The zero-order valence-corrected chi connectivity index (χ0v) is 21.5. The molecule has 0 bridgehead atoms. The fraction of sp³-hybridized carbons (Fsp3) is 0.643. The molecule has 1 saturated carbocycles. The fourth-order valence-electron chi connectivity index (χ4n) is 5.28. The second-order valence-corrected chi connectivity index (χ2v) is 11.3. The summed E-state index contributed by atoms with van der Waals surface area (Å²) in [6.45, 7) is 10.5. The standard InChI is InChI=1S/C28H41NO3S/c1-5-9-23(17-12-19(2)3)29(27(30)22-15-13-20(4)14-16-22)24-18-25(33-26(24)28(31)32)21-10-7-6-8-11-21/h10,18,20,22-23H,2,5-9,11-17H2,1,3-4H3,(H,31,32). The summed E-state index contributed by atoms with van der Waals surface area (Å²) in [5.41, 5.74) is 2.97. The third-order valence-corrected chi connectivity index (χ3v) is 8.46. The Hall–Kier alpha value is -1.88. The van der Waals surface area contributed by atoms with Crippen LogP contribution in [-0.2, 0) is 4.79 Å². The number of amides is 1. The van der Waals surface area contributed by atoms with Crippen molar-refractivity contribution in [2.24, 2.45) is 11.8 Å². The number of carbonyl (C=O) groups is 2. The number of carboxylic acid groups (broad SMARTS) is 1. The molecule has 1 aromatic heterocycles. The molecular formula is C28H41NO3S. The zero-order valence-electron chi connectivity index (χ0n) is 20.7. The summed E-state index contributed by atoms with van der Waals surface area (Å²) in [6.07, 6.45) is 14.1. The van der Waals surface area contributed by atoms with Gasteiger partial charge in [0.1, 0.15) is 4.88 Å². The van der Waals surface area contributed by atoms with Gasteiger partial charge in [-0.2, -0.15) is 0 Å². The first kappa shape index (κ1) is 25.7. The van der Waals surface area contributed by atoms with Crippen molar-refractivity contribution in [3.05, 3.63) is 34.0 Å². The summed E-state index contributed by atoms with van der Waals surface area (Å²) in [7, 11) is 0. The number of allylic oxidation sites excluding steroid dienone is 3. The van der Waals surface area contributed by atoms with Crippen molar-refractivity contribution in [3.8, 4) is 0 Å². The topological polar surface area (TPSA) is 57.6 Å². The fourth-order valence-corrected chi connectivity index (χ4v) is 6.34. The van der Waals surface area contributed by atoms with E-state index in [9.17, 15) is 14.7 Å². The van der Waals surface area contributed by atoms with E-state index in [2.05, 4.69) is 26.5 Å². The first-order chi connectivity index (χ1) is 15.8. The highest BCUT2D eigenvalue weighted by molar-refractivity contribution is 7.15. The molecule has 0 aliphatic heterocycles. The highest BCUT2D eigenvalue weighted by Gasteiger charge is 2.35. The second-order valence-electron chi connectivity index (χ2n) is 10.2. The predicted octanol–water partition coefficient (Wildman–Crippen LogP) is 8.09. The minimum absolute atomic E-state index is 0.000523. The Morgan fingerprint density at radius 2 is 1.94 bits per heavy atom. The van der Waals surface area contributed by atoms with Crippen molar-refractivity contribution in [2.75, 3.05) is 4.90 Å². The molecule has 5 heteroatoms. The summed E-state index contributed by atoms with van der Waals surface area (Å²) >= 11 is 1.35. The molecule has 1 aromatic rings. The maximum Gasteiger partial charge on any atom is 0.348 e. The average molecular weight is 472 g/mol. The molecule has 3 rings (SSSR count). The molecule has 1 fully saturated rings. The number of hydrogen-bond donors (Lipinski definition) is 1. The van der Waals surface area contributed by atoms with Gasteiger partial charge in [-0.05, 0) is 95.1 Å². The number of anilines is 1. The summed E-state index contributed by atoms with van der Waals surface area (Å²) in [4.78, 5) is 29.6. The van der Waals surface area contributed by atoms with Crippen LogP contribution in [0.4, 0.5) is 5.69 Å². The monoisotopic (exact) mass is 471 g/mol. The Morgan fingerprint density at radius 1 is 1.21 bits per heavy atom. The lowest BCUT2D eigenvalue weighted by atomic mass is 9.82. The van der Waals surface area contributed by atoms with Gasteiger partial charge >= 0.3 is 5.97 Å². The first-order valence-electron chi connectivity index (χ1n) is 12.9. The minimum atomic E-state index is -0.928. The van der Waals surface area contributed by atoms with E-state index >= 15 is 0 Å². The van der Waals surface area contributed by atoms with E-state index in [1.54, 1.807) is 0 Å². The van der Waals surface area contributed by atoms with Crippen LogP contribution < -0.4 is 4.90 Å². The summed E-state index contributed by atoms with van der Waals surface area (Å²) in [5, 5.41) is 10.1. The van der Waals surface area contributed by atoms with Crippen molar-refractivity contribution in [1.82, 2.24) is 0 Å². The van der Waals surface area contributed by atoms with Gasteiger partial charge in [-0.15, -0.1) is 17.9 Å². The Balaban J connectivity index is 2.04. The average Bonchev–Trinajstić information content (AvgIpc) is 3.24. The summed E-state index contributed by atoms with van der Waals surface area (Å²) < 4.78 is 0. The van der Waals surface area contributed by atoms with Crippen molar-refractivity contribution >= 4 is 34.5 Å².